The number of hydrogen-bond donors (Lipinski definition) is 0. The third-order valence-corrected chi connectivity index (χ3v) is 13.9. The monoisotopic (exact) mass is 820 g/mol. The zero-order valence-corrected chi connectivity index (χ0v) is 34.4. The van der Waals surface area contributed by atoms with E-state index in [1.54, 1.807) is 11.3 Å². The van der Waals surface area contributed by atoms with Gasteiger partial charge in [0, 0.05) is 69.9 Å². The molecule has 0 bridgehead atoms. The van der Waals surface area contributed by atoms with Gasteiger partial charge in [0.1, 0.15) is 11.2 Å². The van der Waals surface area contributed by atoms with Gasteiger partial charge in [-0.05, 0) is 75.5 Å². The van der Waals surface area contributed by atoms with Crippen molar-refractivity contribution in [1.29, 1.82) is 0 Å². The standard InChI is InChI=1S/C57H32N4OS/c1-2-13-35-27-38(22-21-33(35)11-1)55-58-56(39-24-25-44-43-18-8-10-20-51(43)63-52(44)30-39)60-57(59-55)47-31-40(32-50-53(47)45-26-23-34-12-5-6-16-41(34)54(45)62-50)61-48-19-9-7-17-42(48)46-28-36-14-3-4-15-37(36)29-49(46)61/h1-32H. The summed E-state index contributed by atoms with van der Waals surface area (Å²) in [6, 6.07) is 69.2. The lowest BCUT2D eigenvalue weighted by Crippen LogP contribution is -2.02. The molecule has 4 heterocycles. The highest BCUT2D eigenvalue weighted by Crippen LogP contribution is 2.44. The highest BCUT2D eigenvalue weighted by Gasteiger charge is 2.23. The predicted molar refractivity (Wildman–Crippen MR) is 263 cm³/mol. The van der Waals surface area contributed by atoms with Crippen LogP contribution in [0, 0.1) is 0 Å². The third-order valence-electron chi connectivity index (χ3n) is 12.8. The maximum atomic E-state index is 7.03. The van der Waals surface area contributed by atoms with Crippen molar-refractivity contribution >= 4 is 108 Å². The molecule has 0 radical (unpaired) electrons. The second-order valence-electron chi connectivity index (χ2n) is 16.4. The summed E-state index contributed by atoms with van der Waals surface area (Å²) in [5.74, 6) is 1.80. The van der Waals surface area contributed by atoms with Gasteiger partial charge in [0.05, 0.1) is 16.7 Å². The first kappa shape index (κ1) is 34.5. The Hall–Kier alpha value is -8.19. The Morgan fingerprint density at radius 1 is 0.381 bits per heavy atom. The highest BCUT2D eigenvalue weighted by atomic mass is 32.1. The molecule has 0 spiro atoms. The number of rotatable bonds is 4. The van der Waals surface area contributed by atoms with E-state index in [1.807, 2.05) is 0 Å². The van der Waals surface area contributed by atoms with Crippen LogP contribution in [-0.2, 0) is 0 Å². The Morgan fingerprint density at radius 2 is 0.984 bits per heavy atom. The van der Waals surface area contributed by atoms with Crippen molar-refractivity contribution in [2.24, 2.45) is 0 Å². The summed E-state index contributed by atoms with van der Waals surface area (Å²) in [4.78, 5) is 16.1. The van der Waals surface area contributed by atoms with Crippen LogP contribution >= 0.6 is 11.3 Å². The van der Waals surface area contributed by atoms with Crippen molar-refractivity contribution < 1.29 is 4.42 Å². The molecule has 0 atom stereocenters. The molecule has 0 amide bonds. The largest absolute Gasteiger partial charge is 0.455 e. The zero-order chi connectivity index (χ0) is 41.2. The molecule has 292 valence electrons. The van der Waals surface area contributed by atoms with E-state index in [-0.39, 0.29) is 0 Å². The SMILES string of the molecule is c1ccc2cc(-c3nc(-c4ccc5c(c4)sc4ccccc45)nc(-c4cc(-n5c6ccccc6c6cc7ccccc7cc65)cc5oc6c7ccccc7ccc6c45)n3)ccc2c1. The van der Waals surface area contributed by atoms with Gasteiger partial charge >= 0.3 is 0 Å². The molecule has 0 aliphatic rings. The Kier molecular flexibility index (Phi) is 7.21. The zero-order valence-electron chi connectivity index (χ0n) is 33.6. The third kappa shape index (κ3) is 5.25. The molecule has 14 aromatic rings. The van der Waals surface area contributed by atoms with Gasteiger partial charge < -0.3 is 8.98 Å². The van der Waals surface area contributed by atoms with Gasteiger partial charge in [0.15, 0.2) is 17.5 Å². The maximum Gasteiger partial charge on any atom is 0.164 e. The molecule has 63 heavy (non-hydrogen) atoms. The molecule has 5 nitrogen and oxygen atoms in total. The van der Waals surface area contributed by atoms with Gasteiger partial charge in [-0.2, -0.15) is 0 Å². The van der Waals surface area contributed by atoms with Crippen LogP contribution in [0.4, 0.5) is 0 Å². The number of aromatic nitrogens is 4. The molecule has 0 unspecified atom stereocenters. The van der Waals surface area contributed by atoms with E-state index in [9.17, 15) is 0 Å². The molecule has 0 aliphatic heterocycles. The van der Waals surface area contributed by atoms with Crippen LogP contribution < -0.4 is 0 Å². The summed E-state index contributed by atoms with van der Waals surface area (Å²) in [6.07, 6.45) is 0. The first-order valence-corrected chi connectivity index (χ1v) is 22.0. The fourth-order valence-electron chi connectivity index (χ4n) is 9.81. The molecule has 0 saturated carbocycles. The quantitative estimate of drug-likeness (QED) is 0.177. The minimum Gasteiger partial charge on any atom is -0.455 e. The Bertz CT molecular complexity index is 4230. The predicted octanol–water partition coefficient (Wildman–Crippen LogP) is 15.7. The molecule has 0 N–H and O–H groups in total. The van der Waals surface area contributed by atoms with Crippen molar-refractivity contribution in [3.63, 3.8) is 0 Å². The average Bonchev–Trinajstić information content (AvgIpc) is 4.02. The lowest BCUT2D eigenvalue weighted by Gasteiger charge is -2.13. The van der Waals surface area contributed by atoms with Crippen LogP contribution in [0.1, 0.15) is 0 Å². The van der Waals surface area contributed by atoms with E-state index in [0.29, 0.717) is 17.5 Å². The molecule has 0 saturated heterocycles. The smallest absolute Gasteiger partial charge is 0.164 e. The summed E-state index contributed by atoms with van der Waals surface area (Å²) in [5, 5.41) is 13.7. The van der Waals surface area contributed by atoms with Crippen LogP contribution in [-0.4, -0.2) is 19.5 Å². The minimum absolute atomic E-state index is 0.577. The van der Waals surface area contributed by atoms with E-state index < -0.39 is 0 Å². The van der Waals surface area contributed by atoms with Gasteiger partial charge in [0.25, 0.3) is 0 Å². The number of fused-ring (bicyclic) bond motifs is 13. The number of furan rings is 1. The molecule has 0 aliphatic carbocycles. The molecule has 4 aromatic heterocycles. The van der Waals surface area contributed by atoms with E-state index in [0.717, 1.165) is 76.9 Å². The van der Waals surface area contributed by atoms with Crippen molar-refractivity contribution in [2.75, 3.05) is 0 Å². The fraction of sp³-hybridized carbons (Fsp3) is 0. The van der Waals surface area contributed by atoms with Crippen molar-refractivity contribution in [2.45, 2.75) is 0 Å². The minimum atomic E-state index is 0.577. The number of nitrogens with zero attached hydrogens (tertiary/aromatic N) is 4. The topological polar surface area (TPSA) is 56.7 Å². The van der Waals surface area contributed by atoms with Gasteiger partial charge in [0.2, 0.25) is 0 Å². The first-order chi connectivity index (χ1) is 31.2. The van der Waals surface area contributed by atoms with Crippen LogP contribution in [0.3, 0.4) is 0 Å². The number of para-hydroxylation sites is 1. The number of thiophene rings is 1. The Labute approximate surface area is 363 Å². The number of hydrogen-bond acceptors (Lipinski definition) is 5. The van der Waals surface area contributed by atoms with Crippen molar-refractivity contribution in [1.82, 2.24) is 19.5 Å². The lowest BCUT2D eigenvalue weighted by atomic mass is 10.0. The molecular formula is C57H32N4OS. The van der Waals surface area contributed by atoms with Gasteiger partial charge in [-0.25, -0.2) is 15.0 Å². The average molecular weight is 821 g/mol. The normalized spacial score (nSPS) is 12.1. The molecule has 10 aromatic carbocycles. The molecular weight excluding hydrogens is 789 g/mol. The van der Waals surface area contributed by atoms with E-state index in [2.05, 4.69) is 199 Å². The Balaban J connectivity index is 1.09. The van der Waals surface area contributed by atoms with E-state index >= 15 is 0 Å². The van der Waals surface area contributed by atoms with Crippen LogP contribution in [0.15, 0.2) is 199 Å². The summed E-state index contributed by atoms with van der Waals surface area (Å²) >= 11 is 1.79. The fourth-order valence-corrected chi connectivity index (χ4v) is 11.0. The van der Waals surface area contributed by atoms with Crippen LogP contribution in [0.2, 0.25) is 0 Å². The van der Waals surface area contributed by atoms with E-state index in [1.165, 1.54) is 41.7 Å². The first-order valence-electron chi connectivity index (χ1n) is 21.2. The second-order valence-corrected chi connectivity index (χ2v) is 17.5. The summed E-state index contributed by atoms with van der Waals surface area (Å²) in [6.45, 7) is 0. The summed E-state index contributed by atoms with van der Waals surface area (Å²) < 4.78 is 11.9. The molecule has 14 rings (SSSR count). The van der Waals surface area contributed by atoms with Crippen LogP contribution in [0.25, 0.3) is 136 Å². The molecule has 6 heteroatoms. The Morgan fingerprint density at radius 3 is 1.83 bits per heavy atom. The van der Waals surface area contributed by atoms with Crippen molar-refractivity contribution in [3.8, 4) is 39.9 Å². The summed E-state index contributed by atoms with van der Waals surface area (Å²) in [7, 11) is 0. The second kappa shape index (κ2) is 13.2. The van der Waals surface area contributed by atoms with Crippen LogP contribution in [0.5, 0.6) is 0 Å². The summed E-state index contributed by atoms with van der Waals surface area (Å²) in [5.41, 5.74) is 7.53. The number of benzene rings is 10. The maximum absolute atomic E-state index is 7.03. The highest BCUT2D eigenvalue weighted by molar-refractivity contribution is 7.25. The lowest BCUT2D eigenvalue weighted by molar-refractivity contribution is 0.672. The van der Waals surface area contributed by atoms with E-state index in [4.69, 9.17) is 19.4 Å². The van der Waals surface area contributed by atoms with Gasteiger partial charge in [-0.1, -0.05) is 140 Å². The van der Waals surface area contributed by atoms with Gasteiger partial charge in [-0.3, -0.25) is 0 Å². The van der Waals surface area contributed by atoms with Gasteiger partial charge in [-0.15, -0.1) is 11.3 Å². The molecule has 0 fully saturated rings. The van der Waals surface area contributed by atoms with Crippen molar-refractivity contribution in [3.05, 3.63) is 194 Å².